The molecule has 1 aliphatic heterocycles. The molecule has 1 unspecified atom stereocenters. The lowest BCUT2D eigenvalue weighted by Crippen LogP contribution is -3.10. The van der Waals surface area contributed by atoms with Crippen LogP contribution in [-0.4, -0.2) is 33.2 Å². The van der Waals surface area contributed by atoms with Crippen molar-refractivity contribution in [3.05, 3.63) is 0 Å². The van der Waals surface area contributed by atoms with E-state index in [4.69, 9.17) is 0 Å². The lowest BCUT2D eigenvalue weighted by atomic mass is 10.0. The van der Waals surface area contributed by atoms with Gasteiger partial charge in [-0.15, -0.1) is 0 Å². The van der Waals surface area contributed by atoms with Gasteiger partial charge in [-0.3, -0.25) is 0 Å². The van der Waals surface area contributed by atoms with Crippen LogP contribution in [0.4, 0.5) is 0 Å². The summed E-state index contributed by atoms with van der Waals surface area (Å²) in [4.78, 5) is 1.69. The molecule has 0 aromatic rings. The molecule has 10 heavy (non-hydrogen) atoms. The first-order chi connectivity index (χ1) is 4.83. The van der Waals surface area contributed by atoms with Crippen LogP contribution < -0.4 is 10.2 Å². The molecule has 2 N–H and O–H groups in total. The average Bonchev–Trinajstić information content (AvgIpc) is 1.80. The minimum Gasteiger partial charge on any atom is -0.337 e. The van der Waals surface area contributed by atoms with Gasteiger partial charge < -0.3 is 10.2 Å². The molecule has 0 aliphatic carbocycles. The molecule has 1 fully saturated rings. The van der Waals surface area contributed by atoms with Gasteiger partial charge in [-0.1, -0.05) is 6.92 Å². The molecule has 1 heterocycles. The summed E-state index contributed by atoms with van der Waals surface area (Å²) in [6.45, 7) is 7.45. The Morgan fingerprint density at radius 3 is 2.60 bits per heavy atom. The van der Waals surface area contributed by atoms with E-state index in [1.165, 1.54) is 32.6 Å². The van der Waals surface area contributed by atoms with Crippen molar-refractivity contribution in [2.75, 3.05) is 33.2 Å². The van der Waals surface area contributed by atoms with Gasteiger partial charge in [0, 0.05) is 19.0 Å². The zero-order valence-electron chi connectivity index (χ0n) is 7.11. The topological polar surface area (TPSA) is 16.5 Å². The van der Waals surface area contributed by atoms with Gasteiger partial charge >= 0.3 is 0 Å². The highest BCUT2D eigenvalue weighted by Crippen LogP contribution is 1.97. The zero-order chi connectivity index (χ0) is 7.40. The second-order valence-corrected chi connectivity index (χ2v) is 3.44. The molecule has 1 saturated heterocycles. The van der Waals surface area contributed by atoms with E-state index < -0.39 is 0 Å². The molecule has 0 bridgehead atoms. The van der Waals surface area contributed by atoms with Crippen molar-refractivity contribution >= 4 is 0 Å². The Morgan fingerprint density at radius 2 is 2.20 bits per heavy atom. The average molecular weight is 143 g/mol. The monoisotopic (exact) mass is 143 g/mol. The van der Waals surface area contributed by atoms with Crippen molar-refractivity contribution in [3.8, 4) is 0 Å². The summed E-state index contributed by atoms with van der Waals surface area (Å²) >= 11 is 0. The SMILES string of the molecule is CCC[NH+](C)CC1CNC1. The van der Waals surface area contributed by atoms with Crippen LogP contribution in [0.2, 0.25) is 0 Å². The Morgan fingerprint density at radius 1 is 1.50 bits per heavy atom. The molecule has 60 valence electrons. The van der Waals surface area contributed by atoms with Crippen LogP contribution in [0.15, 0.2) is 0 Å². The van der Waals surface area contributed by atoms with Gasteiger partial charge in [0.15, 0.2) is 0 Å². The van der Waals surface area contributed by atoms with Crippen LogP contribution in [0, 0.1) is 5.92 Å². The highest BCUT2D eigenvalue weighted by molar-refractivity contribution is 4.72. The van der Waals surface area contributed by atoms with Crippen molar-refractivity contribution in [1.82, 2.24) is 5.32 Å². The van der Waals surface area contributed by atoms with E-state index in [2.05, 4.69) is 19.3 Å². The van der Waals surface area contributed by atoms with Crippen LogP contribution in [0.1, 0.15) is 13.3 Å². The number of hydrogen-bond donors (Lipinski definition) is 2. The minimum atomic E-state index is 0.964. The third-order valence-corrected chi connectivity index (χ3v) is 2.18. The fourth-order valence-corrected chi connectivity index (χ4v) is 1.51. The summed E-state index contributed by atoms with van der Waals surface area (Å²) < 4.78 is 0. The lowest BCUT2D eigenvalue weighted by molar-refractivity contribution is -0.883. The number of nitrogens with one attached hydrogen (secondary N) is 2. The van der Waals surface area contributed by atoms with Crippen molar-refractivity contribution in [1.29, 1.82) is 0 Å². The van der Waals surface area contributed by atoms with Crippen molar-refractivity contribution in [2.45, 2.75) is 13.3 Å². The van der Waals surface area contributed by atoms with Gasteiger partial charge in [0.2, 0.25) is 0 Å². The molecule has 0 amide bonds. The largest absolute Gasteiger partial charge is 0.337 e. The van der Waals surface area contributed by atoms with Gasteiger partial charge in [0.05, 0.1) is 20.1 Å². The summed E-state index contributed by atoms with van der Waals surface area (Å²) in [7, 11) is 2.29. The zero-order valence-corrected chi connectivity index (χ0v) is 7.11. The van der Waals surface area contributed by atoms with Crippen LogP contribution in [0.5, 0.6) is 0 Å². The molecule has 0 aromatic carbocycles. The highest BCUT2D eigenvalue weighted by atomic mass is 15.1. The van der Waals surface area contributed by atoms with E-state index in [1.807, 2.05) is 0 Å². The third kappa shape index (κ3) is 2.27. The van der Waals surface area contributed by atoms with E-state index in [9.17, 15) is 0 Å². The molecule has 1 atom stereocenters. The molecular weight excluding hydrogens is 124 g/mol. The minimum absolute atomic E-state index is 0.964. The van der Waals surface area contributed by atoms with Crippen LogP contribution >= 0.6 is 0 Å². The van der Waals surface area contributed by atoms with Crippen molar-refractivity contribution < 1.29 is 4.90 Å². The predicted molar refractivity (Wildman–Crippen MR) is 43.3 cm³/mol. The van der Waals surface area contributed by atoms with Crippen LogP contribution in [0.3, 0.4) is 0 Å². The van der Waals surface area contributed by atoms with Gasteiger partial charge in [-0.25, -0.2) is 0 Å². The van der Waals surface area contributed by atoms with Crippen molar-refractivity contribution in [2.24, 2.45) is 5.92 Å². The van der Waals surface area contributed by atoms with E-state index in [0.29, 0.717) is 0 Å². The third-order valence-electron chi connectivity index (χ3n) is 2.18. The van der Waals surface area contributed by atoms with Crippen molar-refractivity contribution in [3.63, 3.8) is 0 Å². The fourth-order valence-electron chi connectivity index (χ4n) is 1.51. The maximum atomic E-state index is 3.30. The van der Waals surface area contributed by atoms with Crippen LogP contribution in [0.25, 0.3) is 0 Å². The normalized spacial score (nSPS) is 22.2. The predicted octanol–water partition coefficient (Wildman–Crippen LogP) is -0.869. The second-order valence-electron chi connectivity index (χ2n) is 3.44. The van der Waals surface area contributed by atoms with E-state index in [0.717, 1.165) is 5.92 Å². The maximum Gasteiger partial charge on any atom is 0.0822 e. The Kier molecular flexibility index (Phi) is 3.16. The molecule has 1 rings (SSSR count). The second kappa shape index (κ2) is 3.94. The van der Waals surface area contributed by atoms with E-state index in [-0.39, 0.29) is 0 Å². The summed E-state index contributed by atoms with van der Waals surface area (Å²) in [5, 5.41) is 3.30. The summed E-state index contributed by atoms with van der Waals surface area (Å²) in [6, 6.07) is 0. The van der Waals surface area contributed by atoms with Crippen LogP contribution in [-0.2, 0) is 0 Å². The number of quaternary nitrogens is 1. The molecule has 0 saturated carbocycles. The van der Waals surface area contributed by atoms with Gasteiger partial charge in [0.25, 0.3) is 0 Å². The highest BCUT2D eigenvalue weighted by Gasteiger charge is 2.19. The number of rotatable bonds is 4. The molecule has 2 heteroatoms. The maximum absolute atomic E-state index is 3.30. The standard InChI is InChI=1S/C8H18N2/c1-3-4-10(2)7-8-5-9-6-8/h8-9H,3-7H2,1-2H3/p+1. The quantitative estimate of drug-likeness (QED) is 0.523. The molecular formula is C8H19N2+. The smallest absolute Gasteiger partial charge is 0.0822 e. The first-order valence-electron chi connectivity index (χ1n) is 4.35. The fraction of sp³-hybridized carbons (Fsp3) is 1.00. The van der Waals surface area contributed by atoms with Gasteiger partial charge in [-0.05, 0) is 6.42 Å². The van der Waals surface area contributed by atoms with Gasteiger partial charge in [-0.2, -0.15) is 0 Å². The summed E-state index contributed by atoms with van der Waals surface area (Å²) in [6.07, 6.45) is 1.31. The Hall–Kier alpha value is -0.0800. The van der Waals surface area contributed by atoms with E-state index in [1.54, 1.807) is 4.90 Å². The molecule has 2 nitrogen and oxygen atoms in total. The van der Waals surface area contributed by atoms with E-state index >= 15 is 0 Å². The van der Waals surface area contributed by atoms with Gasteiger partial charge in [0.1, 0.15) is 0 Å². The molecule has 0 aromatic heterocycles. The molecule has 1 aliphatic rings. The Labute approximate surface area is 63.6 Å². The molecule has 0 spiro atoms. The summed E-state index contributed by atoms with van der Waals surface area (Å²) in [5.41, 5.74) is 0. The molecule has 0 radical (unpaired) electrons. The lowest BCUT2D eigenvalue weighted by Gasteiger charge is -2.28. The Balaban J connectivity index is 1.99. The first kappa shape index (κ1) is 8.02. The Bertz CT molecular complexity index is 89.3. The summed E-state index contributed by atoms with van der Waals surface area (Å²) in [5.74, 6) is 0.964. The first-order valence-corrected chi connectivity index (χ1v) is 4.35. The number of hydrogen-bond acceptors (Lipinski definition) is 1.